The Balaban J connectivity index is 2.46. The number of aromatic nitrogens is 2. The van der Waals surface area contributed by atoms with Crippen molar-refractivity contribution in [2.75, 3.05) is 6.54 Å². The molecule has 5 heteroatoms. The Morgan fingerprint density at radius 2 is 2.10 bits per heavy atom. The molecule has 21 heavy (non-hydrogen) atoms. The second kappa shape index (κ2) is 7.18. The zero-order valence-electron chi connectivity index (χ0n) is 12.7. The van der Waals surface area contributed by atoms with E-state index in [1.165, 1.54) is 6.07 Å². The summed E-state index contributed by atoms with van der Waals surface area (Å²) in [5.74, 6) is -0.203. The molecule has 1 heterocycles. The summed E-state index contributed by atoms with van der Waals surface area (Å²) in [5, 5.41) is 7.90. The maximum atomic E-state index is 14.3. The van der Waals surface area contributed by atoms with E-state index in [4.69, 9.17) is 0 Å². The SMILES string of the molecule is CCCNC(c1cc(Br)ccc1F)c1cc(CC)nn1C. The van der Waals surface area contributed by atoms with Crippen molar-refractivity contribution in [3.63, 3.8) is 0 Å². The molecule has 0 amide bonds. The summed E-state index contributed by atoms with van der Waals surface area (Å²) in [7, 11) is 1.91. The number of aryl methyl sites for hydroxylation is 2. The molecule has 0 aliphatic carbocycles. The van der Waals surface area contributed by atoms with E-state index < -0.39 is 0 Å². The van der Waals surface area contributed by atoms with Gasteiger partial charge in [0.25, 0.3) is 0 Å². The highest BCUT2D eigenvalue weighted by Gasteiger charge is 2.21. The molecular formula is C16H21BrFN3. The standard InChI is InChI=1S/C16H21BrFN3/c1-4-8-19-16(13-9-11(17)6-7-14(13)18)15-10-12(5-2)20-21(15)3/h6-7,9-10,16,19H,4-5,8H2,1-3H3. The van der Waals surface area contributed by atoms with Crippen LogP contribution in [0, 0.1) is 5.82 Å². The van der Waals surface area contributed by atoms with Crippen LogP contribution in [0.4, 0.5) is 4.39 Å². The van der Waals surface area contributed by atoms with Gasteiger partial charge in [0.1, 0.15) is 5.82 Å². The number of rotatable bonds is 6. The van der Waals surface area contributed by atoms with Gasteiger partial charge in [-0.05, 0) is 43.7 Å². The molecule has 1 atom stereocenters. The average molecular weight is 354 g/mol. The van der Waals surface area contributed by atoms with E-state index in [0.29, 0.717) is 5.56 Å². The molecule has 114 valence electrons. The number of hydrogen-bond donors (Lipinski definition) is 1. The molecule has 0 fully saturated rings. The second-order valence-corrected chi connectivity index (χ2v) is 6.01. The van der Waals surface area contributed by atoms with Gasteiger partial charge in [-0.25, -0.2) is 4.39 Å². The number of nitrogens with zero attached hydrogens (tertiary/aromatic N) is 2. The minimum Gasteiger partial charge on any atom is -0.305 e. The summed E-state index contributed by atoms with van der Waals surface area (Å²) >= 11 is 3.43. The van der Waals surface area contributed by atoms with Crippen LogP contribution < -0.4 is 5.32 Å². The summed E-state index contributed by atoms with van der Waals surface area (Å²) in [6.07, 6.45) is 1.86. The normalized spacial score (nSPS) is 12.6. The third-order valence-electron chi connectivity index (χ3n) is 3.49. The van der Waals surface area contributed by atoms with Crippen molar-refractivity contribution in [1.82, 2.24) is 15.1 Å². The van der Waals surface area contributed by atoms with Gasteiger partial charge in [-0.3, -0.25) is 4.68 Å². The third kappa shape index (κ3) is 3.71. The van der Waals surface area contributed by atoms with E-state index in [1.54, 1.807) is 6.07 Å². The molecule has 2 aromatic rings. The maximum absolute atomic E-state index is 14.3. The zero-order chi connectivity index (χ0) is 15.4. The molecular weight excluding hydrogens is 333 g/mol. The van der Waals surface area contributed by atoms with E-state index >= 15 is 0 Å². The van der Waals surface area contributed by atoms with E-state index in [-0.39, 0.29) is 11.9 Å². The first kappa shape index (κ1) is 16.2. The van der Waals surface area contributed by atoms with Crippen LogP contribution in [-0.2, 0) is 13.5 Å². The molecule has 1 aromatic carbocycles. The summed E-state index contributed by atoms with van der Waals surface area (Å²) < 4.78 is 17.0. The lowest BCUT2D eigenvalue weighted by Gasteiger charge is -2.20. The maximum Gasteiger partial charge on any atom is 0.128 e. The van der Waals surface area contributed by atoms with E-state index in [9.17, 15) is 4.39 Å². The lowest BCUT2D eigenvalue weighted by Crippen LogP contribution is -2.26. The monoisotopic (exact) mass is 353 g/mol. The molecule has 0 saturated heterocycles. The first-order chi connectivity index (χ1) is 10.1. The molecule has 3 nitrogen and oxygen atoms in total. The summed E-state index contributed by atoms with van der Waals surface area (Å²) in [6.45, 7) is 4.99. The third-order valence-corrected chi connectivity index (χ3v) is 3.99. The predicted molar refractivity (Wildman–Crippen MR) is 86.8 cm³/mol. The molecule has 0 bridgehead atoms. The lowest BCUT2D eigenvalue weighted by molar-refractivity contribution is 0.519. The first-order valence-corrected chi connectivity index (χ1v) is 8.07. The van der Waals surface area contributed by atoms with Crippen LogP contribution in [0.3, 0.4) is 0 Å². The molecule has 0 spiro atoms. The van der Waals surface area contributed by atoms with Crippen molar-refractivity contribution in [2.24, 2.45) is 7.05 Å². The number of nitrogens with one attached hydrogen (secondary N) is 1. The van der Waals surface area contributed by atoms with Gasteiger partial charge in [0.05, 0.1) is 17.4 Å². The highest BCUT2D eigenvalue weighted by Crippen LogP contribution is 2.27. The molecule has 0 radical (unpaired) electrons. The highest BCUT2D eigenvalue weighted by molar-refractivity contribution is 9.10. The second-order valence-electron chi connectivity index (χ2n) is 5.09. The largest absolute Gasteiger partial charge is 0.305 e. The highest BCUT2D eigenvalue weighted by atomic mass is 79.9. The van der Waals surface area contributed by atoms with Crippen LogP contribution >= 0.6 is 15.9 Å². The average Bonchev–Trinajstić information content (AvgIpc) is 2.84. The zero-order valence-corrected chi connectivity index (χ0v) is 14.2. The van der Waals surface area contributed by atoms with Gasteiger partial charge >= 0.3 is 0 Å². The number of halogens is 2. The van der Waals surface area contributed by atoms with Gasteiger partial charge in [-0.15, -0.1) is 0 Å². The Morgan fingerprint density at radius 1 is 1.33 bits per heavy atom. The van der Waals surface area contributed by atoms with Crippen LogP contribution in [0.2, 0.25) is 0 Å². The Bertz CT molecular complexity index is 610. The van der Waals surface area contributed by atoms with Crippen molar-refractivity contribution in [1.29, 1.82) is 0 Å². The van der Waals surface area contributed by atoms with Crippen molar-refractivity contribution in [2.45, 2.75) is 32.7 Å². The van der Waals surface area contributed by atoms with Crippen LogP contribution in [0.1, 0.15) is 43.3 Å². The Labute approximate surface area is 133 Å². The Morgan fingerprint density at radius 3 is 2.71 bits per heavy atom. The van der Waals surface area contributed by atoms with E-state index in [1.807, 2.05) is 23.9 Å². The number of benzene rings is 1. The van der Waals surface area contributed by atoms with Crippen molar-refractivity contribution >= 4 is 15.9 Å². The van der Waals surface area contributed by atoms with Crippen LogP contribution in [0.25, 0.3) is 0 Å². The van der Waals surface area contributed by atoms with Crippen molar-refractivity contribution in [3.05, 3.63) is 51.5 Å². The fourth-order valence-corrected chi connectivity index (χ4v) is 2.76. The van der Waals surface area contributed by atoms with Crippen molar-refractivity contribution < 1.29 is 4.39 Å². The summed E-state index contributed by atoms with van der Waals surface area (Å²) in [5.41, 5.74) is 2.65. The van der Waals surface area contributed by atoms with Crippen LogP contribution in [0.15, 0.2) is 28.7 Å². The van der Waals surface area contributed by atoms with Gasteiger partial charge in [0.15, 0.2) is 0 Å². The Hall–Kier alpha value is -1.20. The minimum atomic E-state index is -0.203. The molecule has 1 N–H and O–H groups in total. The van der Waals surface area contributed by atoms with Gasteiger partial charge in [-0.1, -0.05) is 29.8 Å². The van der Waals surface area contributed by atoms with Crippen LogP contribution in [0.5, 0.6) is 0 Å². The molecule has 1 unspecified atom stereocenters. The lowest BCUT2D eigenvalue weighted by atomic mass is 10.0. The quantitative estimate of drug-likeness (QED) is 0.851. The predicted octanol–water partition coefficient (Wildman–Crippen LogP) is 3.97. The smallest absolute Gasteiger partial charge is 0.128 e. The molecule has 2 rings (SSSR count). The van der Waals surface area contributed by atoms with E-state index in [2.05, 4.69) is 40.2 Å². The van der Waals surface area contributed by atoms with Gasteiger partial charge < -0.3 is 5.32 Å². The molecule has 1 aromatic heterocycles. The van der Waals surface area contributed by atoms with Crippen LogP contribution in [-0.4, -0.2) is 16.3 Å². The van der Waals surface area contributed by atoms with Crippen molar-refractivity contribution in [3.8, 4) is 0 Å². The topological polar surface area (TPSA) is 29.9 Å². The molecule has 0 aliphatic heterocycles. The van der Waals surface area contributed by atoms with Gasteiger partial charge in [-0.2, -0.15) is 5.10 Å². The fourth-order valence-electron chi connectivity index (χ4n) is 2.38. The molecule has 0 saturated carbocycles. The summed E-state index contributed by atoms with van der Waals surface area (Å²) in [4.78, 5) is 0. The number of hydrogen-bond acceptors (Lipinski definition) is 2. The van der Waals surface area contributed by atoms with Gasteiger partial charge in [0.2, 0.25) is 0 Å². The minimum absolute atomic E-state index is 0.194. The van der Waals surface area contributed by atoms with E-state index in [0.717, 1.165) is 35.2 Å². The Kier molecular flexibility index (Phi) is 5.53. The first-order valence-electron chi connectivity index (χ1n) is 7.28. The fraction of sp³-hybridized carbons (Fsp3) is 0.438. The molecule has 0 aliphatic rings. The summed E-state index contributed by atoms with van der Waals surface area (Å²) in [6, 6.07) is 6.91. The van der Waals surface area contributed by atoms with Gasteiger partial charge in [0, 0.05) is 17.1 Å².